The van der Waals surface area contributed by atoms with Gasteiger partial charge in [-0.1, -0.05) is 39.0 Å². The van der Waals surface area contributed by atoms with Gasteiger partial charge >= 0.3 is 6.09 Å². The zero-order valence-electron chi connectivity index (χ0n) is 21.8. The highest BCUT2D eigenvalue weighted by Gasteiger charge is 2.23. The second-order valence-electron chi connectivity index (χ2n) is 9.61. The molecule has 0 aliphatic heterocycles. The Morgan fingerprint density at radius 2 is 1.82 bits per heavy atom. The van der Waals surface area contributed by atoms with Crippen LogP contribution in [0.2, 0.25) is 0 Å². The van der Waals surface area contributed by atoms with Crippen LogP contribution in [0.25, 0.3) is 0 Å². The monoisotopic (exact) mass is 469 g/mol. The van der Waals surface area contributed by atoms with Crippen LogP contribution < -0.4 is 15.8 Å². The van der Waals surface area contributed by atoms with Gasteiger partial charge in [0.1, 0.15) is 11.9 Å². The third-order valence-corrected chi connectivity index (χ3v) is 6.19. The van der Waals surface area contributed by atoms with Crippen molar-refractivity contribution in [3.63, 3.8) is 0 Å². The van der Waals surface area contributed by atoms with Crippen LogP contribution in [0.4, 0.5) is 16.2 Å². The SMILES string of the molecule is CCC(CC(CC(C)C)OC(=O)Nc1cc(C)ccc1OC)N(C)CCCc1ccc(N)cc1. The lowest BCUT2D eigenvalue weighted by Crippen LogP contribution is -2.37. The summed E-state index contributed by atoms with van der Waals surface area (Å²) in [4.78, 5) is 15.2. The minimum Gasteiger partial charge on any atom is -0.495 e. The lowest BCUT2D eigenvalue weighted by Gasteiger charge is -2.31. The number of benzene rings is 2. The second kappa shape index (κ2) is 13.9. The molecular weight excluding hydrogens is 426 g/mol. The molecule has 3 N–H and O–H groups in total. The molecule has 2 unspecified atom stereocenters. The number of nitrogens with zero attached hydrogens (tertiary/aromatic N) is 1. The Hall–Kier alpha value is -2.73. The quantitative estimate of drug-likeness (QED) is 0.338. The molecule has 0 saturated heterocycles. The van der Waals surface area contributed by atoms with E-state index in [9.17, 15) is 4.79 Å². The van der Waals surface area contributed by atoms with Gasteiger partial charge in [-0.15, -0.1) is 0 Å². The molecule has 0 aromatic heterocycles. The second-order valence-corrected chi connectivity index (χ2v) is 9.61. The zero-order chi connectivity index (χ0) is 25.1. The van der Waals surface area contributed by atoms with E-state index in [0.717, 1.165) is 49.9 Å². The lowest BCUT2D eigenvalue weighted by atomic mass is 9.97. The molecule has 2 atom stereocenters. The number of hydrogen-bond acceptors (Lipinski definition) is 5. The largest absolute Gasteiger partial charge is 0.495 e. The van der Waals surface area contributed by atoms with Gasteiger partial charge in [0.05, 0.1) is 12.8 Å². The van der Waals surface area contributed by atoms with Crippen molar-refractivity contribution in [1.82, 2.24) is 4.90 Å². The van der Waals surface area contributed by atoms with Crippen LogP contribution in [0, 0.1) is 12.8 Å². The van der Waals surface area contributed by atoms with Crippen LogP contribution in [0.5, 0.6) is 5.75 Å². The Labute approximate surface area is 205 Å². The van der Waals surface area contributed by atoms with Gasteiger partial charge in [0.2, 0.25) is 0 Å². The Morgan fingerprint density at radius 1 is 1.12 bits per heavy atom. The first-order chi connectivity index (χ1) is 16.2. The molecule has 6 heteroatoms. The Bertz CT molecular complexity index is 883. The molecule has 0 aliphatic rings. The predicted octanol–water partition coefficient (Wildman–Crippen LogP) is 6.28. The van der Waals surface area contributed by atoms with Crippen LogP contribution in [-0.4, -0.2) is 43.8 Å². The highest BCUT2D eigenvalue weighted by atomic mass is 16.6. The van der Waals surface area contributed by atoms with Crippen LogP contribution in [0.1, 0.15) is 57.6 Å². The van der Waals surface area contributed by atoms with Gasteiger partial charge in [-0.05, 0) is 93.9 Å². The van der Waals surface area contributed by atoms with Gasteiger partial charge < -0.3 is 20.1 Å². The van der Waals surface area contributed by atoms with Crippen molar-refractivity contribution >= 4 is 17.5 Å². The molecule has 0 radical (unpaired) electrons. The van der Waals surface area contributed by atoms with E-state index < -0.39 is 6.09 Å². The third-order valence-electron chi connectivity index (χ3n) is 6.19. The maximum absolute atomic E-state index is 12.8. The normalized spacial score (nSPS) is 13.1. The van der Waals surface area contributed by atoms with Crippen LogP contribution in [0.15, 0.2) is 42.5 Å². The molecular formula is C28H43N3O3. The summed E-state index contributed by atoms with van der Waals surface area (Å²) in [5, 5.41) is 2.87. The van der Waals surface area contributed by atoms with Gasteiger partial charge in [0.15, 0.2) is 0 Å². The highest BCUT2D eigenvalue weighted by Crippen LogP contribution is 2.26. The van der Waals surface area contributed by atoms with E-state index in [1.807, 2.05) is 37.3 Å². The first-order valence-electron chi connectivity index (χ1n) is 12.4. The molecule has 0 spiro atoms. The average Bonchev–Trinajstić information content (AvgIpc) is 2.78. The highest BCUT2D eigenvalue weighted by molar-refractivity contribution is 5.87. The molecule has 1 amide bonds. The van der Waals surface area contributed by atoms with Crippen molar-refractivity contribution in [1.29, 1.82) is 0 Å². The molecule has 188 valence electrons. The van der Waals surface area contributed by atoms with Crippen molar-refractivity contribution < 1.29 is 14.3 Å². The predicted molar refractivity (Wildman–Crippen MR) is 142 cm³/mol. The number of nitrogens with one attached hydrogen (secondary N) is 1. The van der Waals surface area contributed by atoms with E-state index >= 15 is 0 Å². The number of anilines is 2. The lowest BCUT2D eigenvalue weighted by molar-refractivity contribution is 0.0675. The molecule has 34 heavy (non-hydrogen) atoms. The van der Waals surface area contributed by atoms with E-state index in [2.05, 4.69) is 50.2 Å². The number of hydrogen-bond donors (Lipinski definition) is 2. The molecule has 0 saturated carbocycles. The fourth-order valence-electron chi connectivity index (χ4n) is 4.29. The third kappa shape index (κ3) is 9.26. The number of carbonyl (C=O) groups excluding carboxylic acids is 1. The minimum absolute atomic E-state index is 0.152. The van der Waals surface area contributed by atoms with Crippen molar-refractivity contribution in [3.8, 4) is 5.75 Å². The van der Waals surface area contributed by atoms with Gasteiger partial charge in [0.25, 0.3) is 0 Å². The summed E-state index contributed by atoms with van der Waals surface area (Å²) in [7, 11) is 3.76. The molecule has 0 bridgehead atoms. The van der Waals surface area contributed by atoms with E-state index in [-0.39, 0.29) is 6.10 Å². The maximum atomic E-state index is 12.8. The molecule has 2 aromatic rings. The number of carbonyl (C=O) groups is 1. The van der Waals surface area contributed by atoms with Crippen molar-refractivity contribution in [2.24, 2.45) is 5.92 Å². The molecule has 2 rings (SSSR count). The maximum Gasteiger partial charge on any atom is 0.412 e. The molecule has 0 fully saturated rings. The number of aryl methyl sites for hydroxylation is 2. The van der Waals surface area contributed by atoms with Crippen molar-refractivity contribution in [2.75, 3.05) is 31.8 Å². The molecule has 0 heterocycles. The smallest absolute Gasteiger partial charge is 0.412 e. The van der Waals surface area contributed by atoms with E-state index in [4.69, 9.17) is 15.2 Å². The van der Waals surface area contributed by atoms with Gasteiger partial charge in [-0.3, -0.25) is 5.32 Å². The first-order valence-corrected chi connectivity index (χ1v) is 12.4. The fraction of sp³-hybridized carbons (Fsp3) is 0.536. The number of ether oxygens (including phenoxy) is 2. The number of methoxy groups -OCH3 is 1. The number of rotatable bonds is 13. The summed E-state index contributed by atoms with van der Waals surface area (Å²) in [6, 6.07) is 14.1. The number of amides is 1. The van der Waals surface area contributed by atoms with E-state index in [1.165, 1.54) is 5.56 Å². The summed E-state index contributed by atoms with van der Waals surface area (Å²) in [5.74, 6) is 1.05. The summed E-state index contributed by atoms with van der Waals surface area (Å²) in [5.41, 5.74) is 9.56. The molecule has 2 aromatic carbocycles. The average molecular weight is 470 g/mol. The van der Waals surface area contributed by atoms with E-state index in [0.29, 0.717) is 23.4 Å². The zero-order valence-corrected chi connectivity index (χ0v) is 21.8. The van der Waals surface area contributed by atoms with Crippen LogP contribution >= 0.6 is 0 Å². The van der Waals surface area contributed by atoms with Gasteiger partial charge in [-0.25, -0.2) is 4.79 Å². The van der Waals surface area contributed by atoms with Crippen LogP contribution in [0.3, 0.4) is 0 Å². The van der Waals surface area contributed by atoms with Crippen molar-refractivity contribution in [2.45, 2.75) is 71.9 Å². The number of nitrogens with two attached hydrogens (primary N) is 1. The molecule has 0 aliphatic carbocycles. The van der Waals surface area contributed by atoms with Gasteiger partial charge in [0, 0.05) is 11.7 Å². The molecule has 6 nitrogen and oxygen atoms in total. The Balaban J connectivity index is 1.94. The minimum atomic E-state index is -0.435. The summed E-state index contributed by atoms with van der Waals surface area (Å²) in [6.07, 6.45) is 4.15. The topological polar surface area (TPSA) is 76.8 Å². The van der Waals surface area contributed by atoms with Crippen molar-refractivity contribution in [3.05, 3.63) is 53.6 Å². The fourth-order valence-corrected chi connectivity index (χ4v) is 4.29. The van der Waals surface area contributed by atoms with Crippen LogP contribution in [-0.2, 0) is 11.2 Å². The number of nitrogen functional groups attached to an aromatic ring is 1. The van der Waals surface area contributed by atoms with Gasteiger partial charge in [-0.2, -0.15) is 0 Å². The van der Waals surface area contributed by atoms with E-state index in [1.54, 1.807) is 7.11 Å². The summed E-state index contributed by atoms with van der Waals surface area (Å²) < 4.78 is 11.3. The summed E-state index contributed by atoms with van der Waals surface area (Å²) >= 11 is 0. The standard InChI is InChI=1S/C28H43N3O3/c1-7-24(31(5)16-8-9-22-11-13-23(29)14-12-22)19-25(17-20(2)3)34-28(32)30-26-18-21(4)10-15-27(26)33-6/h10-15,18,20,24-25H,7-9,16-17,19,29H2,1-6H3,(H,30,32). The first kappa shape index (κ1) is 27.5. The Kier molecular flexibility index (Phi) is 11.2. The summed E-state index contributed by atoms with van der Waals surface area (Å²) in [6.45, 7) is 9.49. The Morgan fingerprint density at radius 3 is 2.44 bits per heavy atom.